The number of carbonyl (C=O) groups is 1. The number of piperazine rings is 1. The summed E-state index contributed by atoms with van der Waals surface area (Å²) in [5, 5.41) is 3.39. The molecule has 0 radical (unpaired) electrons. The lowest BCUT2D eigenvalue weighted by molar-refractivity contribution is 0.0999. The zero-order chi connectivity index (χ0) is 13.8. The molecule has 1 unspecified atom stereocenters. The van der Waals surface area contributed by atoms with Gasteiger partial charge >= 0.3 is 0 Å². The Morgan fingerprint density at radius 2 is 2.32 bits per heavy atom. The summed E-state index contributed by atoms with van der Waals surface area (Å²) in [6.07, 6.45) is 1.91. The second-order valence-corrected chi connectivity index (χ2v) is 5.16. The number of nitrogens with two attached hydrogens (primary N) is 1. The molecule has 0 aromatic heterocycles. The van der Waals surface area contributed by atoms with E-state index in [-0.39, 0.29) is 5.91 Å². The molecule has 4 nitrogen and oxygen atoms in total. The van der Waals surface area contributed by atoms with Crippen LogP contribution in [0.5, 0.6) is 0 Å². The summed E-state index contributed by atoms with van der Waals surface area (Å²) < 4.78 is 0. The minimum atomic E-state index is -0.326. The molecule has 3 N–H and O–H groups in total. The van der Waals surface area contributed by atoms with Crippen LogP contribution < -0.4 is 16.0 Å². The molecule has 2 rings (SSSR count). The average molecular weight is 261 g/mol. The Labute approximate surface area is 115 Å². The monoisotopic (exact) mass is 261 g/mol. The molecule has 19 heavy (non-hydrogen) atoms. The Morgan fingerprint density at radius 3 is 2.95 bits per heavy atom. The van der Waals surface area contributed by atoms with Crippen molar-refractivity contribution in [3.05, 3.63) is 29.3 Å². The molecular formula is C15H23N3O. The van der Waals surface area contributed by atoms with Crippen LogP contribution in [0.2, 0.25) is 0 Å². The Balaban J connectivity index is 2.43. The van der Waals surface area contributed by atoms with E-state index in [0.717, 1.165) is 38.0 Å². The van der Waals surface area contributed by atoms with Gasteiger partial charge in [-0.25, -0.2) is 0 Å². The largest absolute Gasteiger partial charge is 0.366 e. The van der Waals surface area contributed by atoms with Crippen LogP contribution in [-0.2, 0) is 6.42 Å². The van der Waals surface area contributed by atoms with Crippen molar-refractivity contribution in [1.82, 2.24) is 5.32 Å². The topological polar surface area (TPSA) is 58.4 Å². The normalized spacial score (nSPS) is 19.5. The van der Waals surface area contributed by atoms with E-state index in [9.17, 15) is 4.79 Å². The third kappa shape index (κ3) is 2.89. The van der Waals surface area contributed by atoms with Crippen LogP contribution in [0, 0.1) is 0 Å². The molecule has 0 saturated carbocycles. The van der Waals surface area contributed by atoms with Gasteiger partial charge in [0.2, 0.25) is 5.91 Å². The van der Waals surface area contributed by atoms with Gasteiger partial charge in [0.15, 0.2) is 0 Å². The summed E-state index contributed by atoms with van der Waals surface area (Å²) in [5.41, 5.74) is 8.46. The fraction of sp³-hybridized carbons (Fsp3) is 0.533. The smallest absolute Gasteiger partial charge is 0.249 e. The summed E-state index contributed by atoms with van der Waals surface area (Å²) in [7, 11) is 0. The van der Waals surface area contributed by atoms with Gasteiger partial charge in [-0.1, -0.05) is 19.4 Å². The SMILES string of the molecule is CCCc1c(C(N)=O)cccc1N1CCNCC1C. The molecular weight excluding hydrogens is 238 g/mol. The standard InChI is InChI=1S/C15H23N3O/c1-3-5-12-13(15(16)19)6-4-7-14(12)18-9-8-17-10-11(18)2/h4,6-7,11,17H,3,5,8-10H2,1-2H3,(H2,16,19). The van der Waals surface area contributed by atoms with Crippen LogP contribution in [0.4, 0.5) is 5.69 Å². The Kier molecular flexibility index (Phi) is 4.43. The fourth-order valence-electron chi connectivity index (χ4n) is 2.79. The Bertz CT molecular complexity index is 459. The van der Waals surface area contributed by atoms with E-state index in [1.54, 1.807) is 0 Å². The van der Waals surface area contributed by atoms with Crippen molar-refractivity contribution in [1.29, 1.82) is 0 Å². The minimum Gasteiger partial charge on any atom is -0.366 e. The van der Waals surface area contributed by atoms with Gasteiger partial charge in [0.25, 0.3) is 0 Å². The van der Waals surface area contributed by atoms with Gasteiger partial charge in [-0.2, -0.15) is 0 Å². The molecule has 1 aromatic carbocycles. The number of benzene rings is 1. The van der Waals surface area contributed by atoms with Gasteiger partial charge in [0, 0.05) is 36.9 Å². The van der Waals surface area contributed by atoms with Crippen molar-refractivity contribution in [2.75, 3.05) is 24.5 Å². The highest BCUT2D eigenvalue weighted by atomic mass is 16.1. The second kappa shape index (κ2) is 6.06. The van der Waals surface area contributed by atoms with Crippen molar-refractivity contribution in [3.63, 3.8) is 0 Å². The van der Waals surface area contributed by atoms with Crippen molar-refractivity contribution < 1.29 is 4.79 Å². The molecule has 1 amide bonds. The number of nitrogens with zero attached hydrogens (tertiary/aromatic N) is 1. The van der Waals surface area contributed by atoms with Gasteiger partial charge in [0.1, 0.15) is 0 Å². The van der Waals surface area contributed by atoms with Crippen LogP contribution in [0.1, 0.15) is 36.2 Å². The molecule has 1 heterocycles. The highest BCUT2D eigenvalue weighted by Crippen LogP contribution is 2.27. The predicted molar refractivity (Wildman–Crippen MR) is 78.6 cm³/mol. The minimum absolute atomic E-state index is 0.326. The number of amides is 1. The van der Waals surface area contributed by atoms with Crippen LogP contribution >= 0.6 is 0 Å². The third-order valence-electron chi connectivity index (χ3n) is 3.73. The predicted octanol–water partition coefficient (Wildman–Crippen LogP) is 1.54. The molecule has 1 saturated heterocycles. The van der Waals surface area contributed by atoms with Crippen molar-refractivity contribution in [2.24, 2.45) is 5.73 Å². The van der Waals surface area contributed by atoms with E-state index < -0.39 is 0 Å². The molecule has 1 fully saturated rings. The van der Waals surface area contributed by atoms with E-state index in [4.69, 9.17) is 5.73 Å². The van der Waals surface area contributed by atoms with Crippen molar-refractivity contribution in [3.8, 4) is 0 Å². The van der Waals surface area contributed by atoms with E-state index in [1.807, 2.05) is 12.1 Å². The molecule has 1 aromatic rings. The number of hydrogen-bond acceptors (Lipinski definition) is 3. The maximum atomic E-state index is 11.6. The van der Waals surface area contributed by atoms with E-state index in [0.29, 0.717) is 11.6 Å². The van der Waals surface area contributed by atoms with Gasteiger partial charge in [-0.15, -0.1) is 0 Å². The summed E-state index contributed by atoms with van der Waals surface area (Å²) >= 11 is 0. The van der Waals surface area contributed by atoms with E-state index in [2.05, 4.69) is 30.1 Å². The van der Waals surface area contributed by atoms with E-state index >= 15 is 0 Å². The lowest BCUT2D eigenvalue weighted by Crippen LogP contribution is -2.50. The van der Waals surface area contributed by atoms with Gasteiger partial charge in [-0.3, -0.25) is 4.79 Å². The molecule has 4 heteroatoms. The zero-order valence-corrected chi connectivity index (χ0v) is 11.8. The number of nitrogens with one attached hydrogen (secondary N) is 1. The lowest BCUT2D eigenvalue weighted by Gasteiger charge is -2.37. The van der Waals surface area contributed by atoms with E-state index in [1.165, 1.54) is 5.69 Å². The molecule has 0 spiro atoms. The summed E-state index contributed by atoms with van der Waals surface area (Å²) in [5.74, 6) is -0.326. The number of anilines is 1. The summed E-state index contributed by atoms with van der Waals surface area (Å²) in [6.45, 7) is 7.27. The number of carbonyl (C=O) groups excluding carboxylic acids is 1. The van der Waals surface area contributed by atoms with Gasteiger partial charge in [0.05, 0.1) is 0 Å². The maximum absolute atomic E-state index is 11.6. The van der Waals surface area contributed by atoms with Crippen LogP contribution in [-0.4, -0.2) is 31.6 Å². The van der Waals surface area contributed by atoms with Crippen molar-refractivity contribution in [2.45, 2.75) is 32.7 Å². The Morgan fingerprint density at radius 1 is 1.53 bits per heavy atom. The quantitative estimate of drug-likeness (QED) is 0.864. The van der Waals surface area contributed by atoms with Crippen LogP contribution in [0.3, 0.4) is 0 Å². The first-order valence-corrected chi connectivity index (χ1v) is 7.04. The lowest BCUT2D eigenvalue weighted by atomic mass is 9.98. The first-order chi connectivity index (χ1) is 9.15. The zero-order valence-electron chi connectivity index (χ0n) is 11.8. The third-order valence-corrected chi connectivity index (χ3v) is 3.73. The molecule has 1 atom stereocenters. The average Bonchev–Trinajstić information content (AvgIpc) is 2.40. The Hall–Kier alpha value is -1.55. The first-order valence-electron chi connectivity index (χ1n) is 7.04. The molecule has 1 aliphatic rings. The highest BCUT2D eigenvalue weighted by Gasteiger charge is 2.22. The number of primary amides is 1. The van der Waals surface area contributed by atoms with Crippen molar-refractivity contribution >= 4 is 11.6 Å². The van der Waals surface area contributed by atoms with Gasteiger partial charge < -0.3 is 16.0 Å². The molecule has 104 valence electrons. The first kappa shape index (κ1) is 13.9. The van der Waals surface area contributed by atoms with Crippen LogP contribution in [0.25, 0.3) is 0 Å². The molecule has 0 bridgehead atoms. The van der Waals surface area contributed by atoms with Gasteiger partial charge in [-0.05, 0) is 31.0 Å². The molecule has 1 aliphatic heterocycles. The fourth-order valence-corrected chi connectivity index (χ4v) is 2.79. The number of hydrogen-bond donors (Lipinski definition) is 2. The maximum Gasteiger partial charge on any atom is 0.249 e. The molecule has 0 aliphatic carbocycles. The second-order valence-electron chi connectivity index (χ2n) is 5.16. The highest BCUT2D eigenvalue weighted by molar-refractivity contribution is 5.96. The van der Waals surface area contributed by atoms with Crippen LogP contribution in [0.15, 0.2) is 18.2 Å². The number of rotatable bonds is 4. The summed E-state index contributed by atoms with van der Waals surface area (Å²) in [6, 6.07) is 6.32. The summed E-state index contributed by atoms with van der Waals surface area (Å²) in [4.78, 5) is 14.0.